The van der Waals surface area contributed by atoms with Crippen molar-refractivity contribution in [1.29, 1.82) is 0 Å². The number of carbonyl (C=O) groups excluding carboxylic acids is 2. The molecule has 0 aliphatic carbocycles. The van der Waals surface area contributed by atoms with Crippen molar-refractivity contribution in [1.82, 2.24) is 14.1 Å². The number of amides is 2. The number of piperazine rings is 1. The number of nitrogens with zero attached hydrogens (tertiary/aromatic N) is 4. The molecule has 2 saturated heterocycles. The van der Waals surface area contributed by atoms with Crippen LogP contribution >= 0.6 is 0 Å². The van der Waals surface area contributed by atoms with Crippen molar-refractivity contribution < 1.29 is 32.6 Å². The van der Waals surface area contributed by atoms with E-state index in [1.807, 2.05) is 14.0 Å². The van der Waals surface area contributed by atoms with Gasteiger partial charge in [-0.1, -0.05) is 17.7 Å². The number of benzene rings is 2. The molecule has 0 saturated carbocycles. The fourth-order valence-corrected chi connectivity index (χ4v) is 6.41. The third-order valence-electron chi connectivity index (χ3n) is 7.18. The van der Waals surface area contributed by atoms with Crippen molar-refractivity contribution in [3.05, 3.63) is 54.1 Å². The van der Waals surface area contributed by atoms with E-state index in [-0.39, 0.29) is 29.3 Å². The molecule has 0 spiro atoms. The highest BCUT2D eigenvalue weighted by atomic mass is 32.2. The minimum absolute atomic E-state index is 0.0807. The van der Waals surface area contributed by atoms with E-state index < -0.39 is 40.1 Å². The van der Waals surface area contributed by atoms with E-state index in [1.165, 1.54) is 43.3 Å². The molecule has 39 heavy (non-hydrogen) atoms. The van der Waals surface area contributed by atoms with Crippen LogP contribution in [0.5, 0.6) is 5.75 Å². The number of hydrogen-bond acceptors (Lipinski definition) is 7. The molecule has 12 heteroatoms. The standard InChI is InChI=1S/C27H34N4O7S/c1-19-6-12-23(13-7-19)39(36,37)30-14-4-5-24(30)25(32)31(20(2)26(33)34)21-8-10-22(11-9-21)38-27(35)29-17-15-28(3)16-18-29/h6-13,20,24H,4-5,14-18H2,1-3H3,(H,33,34)/t20-,24-/m0/s1. The summed E-state index contributed by atoms with van der Waals surface area (Å²) in [5.41, 5.74) is 1.16. The van der Waals surface area contributed by atoms with Gasteiger partial charge in [-0.3, -0.25) is 9.69 Å². The van der Waals surface area contributed by atoms with Gasteiger partial charge in [0.2, 0.25) is 15.9 Å². The lowest BCUT2D eigenvalue weighted by Crippen LogP contribution is -2.52. The number of carbonyl (C=O) groups is 3. The van der Waals surface area contributed by atoms with Crippen LogP contribution in [-0.2, 0) is 19.6 Å². The monoisotopic (exact) mass is 558 g/mol. The van der Waals surface area contributed by atoms with Crippen molar-refractivity contribution in [3.8, 4) is 5.75 Å². The first kappa shape index (κ1) is 28.5. The predicted octanol–water partition coefficient (Wildman–Crippen LogP) is 2.40. The number of ether oxygens (including phenoxy) is 1. The first-order valence-electron chi connectivity index (χ1n) is 12.9. The number of sulfonamides is 1. The zero-order valence-electron chi connectivity index (χ0n) is 22.3. The molecule has 1 N–H and O–H groups in total. The van der Waals surface area contributed by atoms with Crippen LogP contribution in [0.4, 0.5) is 10.5 Å². The first-order chi connectivity index (χ1) is 18.5. The molecule has 0 aromatic heterocycles. The van der Waals surface area contributed by atoms with Gasteiger partial charge in [0.15, 0.2) is 0 Å². The summed E-state index contributed by atoms with van der Waals surface area (Å²) in [7, 11) is -1.99. The molecule has 4 rings (SSSR count). The molecule has 2 aromatic rings. The zero-order chi connectivity index (χ0) is 28.3. The van der Waals surface area contributed by atoms with Crippen LogP contribution < -0.4 is 9.64 Å². The lowest BCUT2D eigenvalue weighted by molar-refractivity contribution is -0.140. The first-order valence-corrected chi connectivity index (χ1v) is 14.3. The number of aryl methyl sites for hydroxylation is 1. The highest BCUT2D eigenvalue weighted by molar-refractivity contribution is 7.89. The van der Waals surface area contributed by atoms with Gasteiger partial charge >= 0.3 is 12.1 Å². The van der Waals surface area contributed by atoms with E-state index >= 15 is 0 Å². The summed E-state index contributed by atoms with van der Waals surface area (Å²) in [6.07, 6.45) is 0.261. The average molecular weight is 559 g/mol. The highest BCUT2D eigenvalue weighted by Gasteiger charge is 2.43. The molecule has 0 radical (unpaired) electrons. The second-order valence-corrected chi connectivity index (χ2v) is 11.9. The summed E-state index contributed by atoms with van der Waals surface area (Å²) in [6, 6.07) is 10.1. The van der Waals surface area contributed by atoms with Gasteiger partial charge in [-0.15, -0.1) is 0 Å². The zero-order valence-corrected chi connectivity index (χ0v) is 23.1. The van der Waals surface area contributed by atoms with Crippen LogP contribution in [0.15, 0.2) is 53.4 Å². The van der Waals surface area contributed by atoms with Gasteiger partial charge in [0.25, 0.3) is 0 Å². The van der Waals surface area contributed by atoms with E-state index in [1.54, 1.807) is 17.0 Å². The number of rotatable bonds is 7. The van der Waals surface area contributed by atoms with Crippen molar-refractivity contribution in [3.63, 3.8) is 0 Å². The topological polar surface area (TPSA) is 128 Å². The van der Waals surface area contributed by atoms with Crippen molar-refractivity contribution in [2.45, 2.75) is 43.7 Å². The Kier molecular flexibility index (Phi) is 8.57. The van der Waals surface area contributed by atoms with E-state index in [4.69, 9.17) is 4.74 Å². The Morgan fingerprint density at radius 1 is 0.974 bits per heavy atom. The number of hydrogen-bond donors (Lipinski definition) is 1. The summed E-state index contributed by atoms with van der Waals surface area (Å²) >= 11 is 0. The summed E-state index contributed by atoms with van der Waals surface area (Å²) in [5, 5.41) is 9.77. The van der Waals surface area contributed by atoms with E-state index in [0.29, 0.717) is 19.5 Å². The third kappa shape index (κ3) is 6.23. The molecule has 2 amide bonds. The number of aliphatic carboxylic acids is 1. The summed E-state index contributed by atoms with van der Waals surface area (Å²) in [5.74, 6) is -1.61. The maximum Gasteiger partial charge on any atom is 0.415 e. The largest absolute Gasteiger partial charge is 0.480 e. The van der Waals surface area contributed by atoms with Gasteiger partial charge in [-0.25, -0.2) is 18.0 Å². The molecular formula is C27H34N4O7S. The number of anilines is 1. The molecule has 2 aromatic carbocycles. The average Bonchev–Trinajstić information content (AvgIpc) is 3.41. The minimum Gasteiger partial charge on any atom is -0.480 e. The second kappa shape index (κ2) is 11.7. The lowest BCUT2D eigenvalue weighted by Gasteiger charge is -2.32. The van der Waals surface area contributed by atoms with Gasteiger partial charge in [-0.05, 0) is 70.1 Å². The van der Waals surface area contributed by atoms with Crippen LogP contribution in [0.2, 0.25) is 0 Å². The van der Waals surface area contributed by atoms with Crippen LogP contribution in [-0.4, -0.2) is 97.5 Å². The van der Waals surface area contributed by atoms with Crippen molar-refractivity contribution in [2.24, 2.45) is 0 Å². The van der Waals surface area contributed by atoms with Crippen molar-refractivity contribution >= 4 is 33.7 Å². The fourth-order valence-electron chi connectivity index (χ4n) is 4.76. The Morgan fingerprint density at radius 2 is 1.59 bits per heavy atom. The van der Waals surface area contributed by atoms with Crippen LogP contribution in [0, 0.1) is 6.92 Å². The molecule has 2 atom stereocenters. The maximum absolute atomic E-state index is 13.8. The van der Waals surface area contributed by atoms with E-state index in [9.17, 15) is 27.9 Å². The van der Waals surface area contributed by atoms with Gasteiger partial charge in [0, 0.05) is 38.4 Å². The highest BCUT2D eigenvalue weighted by Crippen LogP contribution is 2.30. The summed E-state index contributed by atoms with van der Waals surface area (Å²) < 4.78 is 33.4. The quantitative estimate of drug-likeness (QED) is 0.549. The second-order valence-electron chi connectivity index (χ2n) is 9.96. The van der Waals surface area contributed by atoms with E-state index in [0.717, 1.165) is 27.9 Å². The molecule has 210 valence electrons. The lowest BCUT2D eigenvalue weighted by atomic mass is 10.1. The Labute approximate surface area is 228 Å². The van der Waals surface area contributed by atoms with Crippen LogP contribution in [0.1, 0.15) is 25.3 Å². The Morgan fingerprint density at radius 3 is 2.18 bits per heavy atom. The fraction of sp³-hybridized carbons (Fsp3) is 0.444. The predicted molar refractivity (Wildman–Crippen MR) is 144 cm³/mol. The number of likely N-dealkylation sites (N-methyl/N-ethyl adjacent to an activating group) is 1. The van der Waals surface area contributed by atoms with Crippen molar-refractivity contribution in [2.75, 3.05) is 44.7 Å². The molecule has 2 fully saturated rings. The van der Waals surface area contributed by atoms with Gasteiger partial charge < -0.3 is 19.6 Å². The van der Waals surface area contributed by atoms with Gasteiger partial charge in [-0.2, -0.15) is 4.31 Å². The summed E-state index contributed by atoms with van der Waals surface area (Å²) in [4.78, 5) is 43.2. The molecule has 0 unspecified atom stereocenters. The Hall–Kier alpha value is -3.48. The normalized spacial score (nSPS) is 19.5. The molecule has 2 aliphatic heterocycles. The van der Waals surface area contributed by atoms with Crippen LogP contribution in [0.25, 0.3) is 0 Å². The molecule has 0 bridgehead atoms. The molecule has 11 nitrogen and oxygen atoms in total. The van der Waals surface area contributed by atoms with Crippen LogP contribution in [0.3, 0.4) is 0 Å². The summed E-state index contributed by atoms with van der Waals surface area (Å²) in [6.45, 7) is 5.97. The Bertz CT molecular complexity index is 1310. The molecule has 2 heterocycles. The minimum atomic E-state index is -3.97. The van der Waals surface area contributed by atoms with Gasteiger partial charge in [0.05, 0.1) is 4.90 Å². The van der Waals surface area contributed by atoms with E-state index in [2.05, 4.69) is 4.90 Å². The Balaban J connectivity index is 1.55. The number of carboxylic acids is 1. The smallest absolute Gasteiger partial charge is 0.415 e. The maximum atomic E-state index is 13.8. The third-order valence-corrected chi connectivity index (χ3v) is 9.10. The number of carboxylic acid groups (broad SMARTS) is 1. The molecule has 2 aliphatic rings. The van der Waals surface area contributed by atoms with Gasteiger partial charge in [0.1, 0.15) is 17.8 Å². The molecular weight excluding hydrogens is 524 g/mol. The SMILES string of the molecule is Cc1ccc(S(=O)(=O)N2CCC[C@H]2C(=O)N(c2ccc(OC(=O)N3CCN(C)CC3)cc2)[C@@H](C)C(=O)O)cc1.